The van der Waals surface area contributed by atoms with E-state index >= 15 is 0 Å². The lowest BCUT2D eigenvalue weighted by Gasteiger charge is -2.14. The van der Waals surface area contributed by atoms with E-state index in [1.54, 1.807) is 0 Å². The van der Waals surface area contributed by atoms with Crippen LogP contribution in [0.5, 0.6) is 0 Å². The number of hydrogen-bond donors (Lipinski definition) is 2. The zero-order valence-electron chi connectivity index (χ0n) is 11.3. The first-order chi connectivity index (χ1) is 8.81. The van der Waals surface area contributed by atoms with Gasteiger partial charge in [0.2, 0.25) is 0 Å². The summed E-state index contributed by atoms with van der Waals surface area (Å²) >= 11 is 0. The number of halogens is 2. The third kappa shape index (κ3) is 4.59. The molecule has 0 fully saturated rings. The van der Waals surface area contributed by atoms with Crippen LogP contribution in [0.15, 0.2) is 12.1 Å². The molecule has 0 saturated heterocycles. The summed E-state index contributed by atoms with van der Waals surface area (Å²) in [6.07, 6.45) is -0.126. The van der Waals surface area contributed by atoms with Gasteiger partial charge < -0.3 is 10.4 Å². The van der Waals surface area contributed by atoms with Crippen molar-refractivity contribution in [3.63, 3.8) is 0 Å². The van der Waals surface area contributed by atoms with Crippen LogP contribution in [0.2, 0.25) is 0 Å². The molecule has 0 saturated carbocycles. The van der Waals surface area contributed by atoms with Crippen LogP contribution in [0, 0.1) is 24.5 Å². The lowest BCUT2D eigenvalue weighted by atomic mass is 10.1. The fourth-order valence-electron chi connectivity index (χ4n) is 1.76. The molecule has 0 aliphatic rings. The van der Waals surface area contributed by atoms with Gasteiger partial charge in [-0.2, -0.15) is 0 Å². The normalized spacial score (nSPS) is 12.6. The zero-order chi connectivity index (χ0) is 14.6. The predicted molar refractivity (Wildman–Crippen MR) is 68.9 cm³/mol. The van der Waals surface area contributed by atoms with E-state index in [2.05, 4.69) is 5.32 Å². The van der Waals surface area contributed by atoms with Crippen molar-refractivity contribution in [2.75, 3.05) is 6.54 Å². The summed E-state index contributed by atoms with van der Waals surface area (Å²) in [6.45, 7) is 5.41. The maximum atomic E-state index is 13.5. The van der Waals surface area contributed by atoms with Gasteiger partial charge in [0, 0.05) is 12.6 Å². The molecule has 106 valence electrons. The van der Waals surface area contributed by atoms with Crippen LogP contribution >= 0.6 is 0 Å². The summed E-state index contributed by atoms with van der Waals surface area (Å²) in [7, 11) is 0. The second-order valence-electron chi connectivity index (χ2n) is 5.07. The molecule has 1 atom stereocenters. The van der Waals surface area contributed by atoms with Crippen LogP contribution in [0.1, 0.15) is 36.2 Å². The Hall–Kier alpha value is -1.49. The number of aliphatic hydroxyl groups excluding tert-OH is 1. The van der Waals surface area contributed by atoms with Gasteiger partial charge in [-0.05, 0) is 30.9 Å². The van der Waals surface area contributed by atoms with Crippen molar-refractivity contribution in [2.45, 2.75) is 33.3 Å². The Kier molecular flexibility index (Phi) is 5.42. The highest BCUT2D eigenvalue weighted by atomic mass is 19.1. The number of nitrogens with one attached hydrogen (secondary N) is 1. The third-order valence-electron chi connectivity index (χ3n) is 2.73. The molecule has 19 heavy (non-hydrogen) atoms. The van der Waals surface area contributed by atoms with E-state index in [9.17, 15) is 18.7 Å². The van der Waals surface area contributed by atoms with Crippen LogP contribution in [-0.2, 0) is 0 Å². The van der Waals surface area contributed by atoms with Crippen LogP contribution in [0.4, 0.5) is 8.78 Å². The number of aryl methyl sites for hydroxylation is 1. The number of aliphatic hydroxyl groups is 1. The van der Waals surface area contributed by atoms with E-state index in [0.717, 1.165) is 6.07 Å². The predicted octanol–water partition coefficient (Wildman–Crippen LogP) is 2.41. The molecule has 1 aromatic carbocycles. The van der Waals surface area contributed by atoms with Gasteiger partial charge in [0.15, 0.2) is 0 Å². The van der Waals surface area contributed by atoms with Gasteiger partial charge in [0.25, 0.3) is 5.91 Å². The molecule has 5 heteroatoms. The van der Waals surface area contributed by atoms with Crippen molar-refractivity contribution in [2.24, 2.45) is 5.92 Å². The van der Waals surface area contributed by atoms with Gasteiger partial charge in [-0.3, -0.25) is 4.79 Å². The van der Waals surface area contributed by atoms with Crippen molar-refractivity contribution in [3.05, 3.63) is 34.9 Å². The molecule has 0 spiro atoms. The number of amides is 1. The van der Waals surface area contributed by atoms with Gasteiger partial charge in [0.1, 0.15) is 11.6 Å². The van der Waals surface area contributed by atoms with Crippen LogP contribution in [0.25, 0.3) is 0 Å². The van der Waals surface area contributed by atoms with E-state index in [1.807, 2.05) is 13.8 Å². The van der Waals surface area contributed by atoms with Gasteiger partial charge in [-0.25, -0.2) is 8.78 Å². The Morgan fingerprint density at radius 1 is 1.32 bits per heavy atom. The SMILES string of the molecule is Cc1cc(C(=O)NCC(O)CC(C)C)c(F)cc1F. The first-order valence-corrected chi connectivity index (χ1v) is 6.23. The molecule has 0 radical (unpaired) electrons. The summed E-state index contributed by atoms with van der Waals surface area (Å²) < 4.78 is 26.5. The maximum absolute atomic E-state index is 13.5. The lowest BCUT2D eigenvalue weighted by molar-refractivity contribution is 0.0896. The summed E-state index contributed by atoms with van der Waals surface area (Å²) in [5, 5.41) is 12.1. The lowest BCUT2D eigenvalue weighted by Crippen LogP contribution is -2.33. The van der Waals surface area contributed by atoms with Crippen molar-refractivity contribution in [3.8, 4) is 0 Å². The standard InChI is InChI=1S/C14H19F2NO2/c1-8(2)4-10(18)7-17-14(19)11-5-9(3)12(15)6-13(11)16/h5-6,8,10,18H,4,7H2,1-3H3,(H,17,19). The highest BCUT2D eigenvalue weighted by Gasteiger charge is 2.15. The number of benzene rings is 1. The van der Waals surface area contributed by atoms with Crippen LogP contribution in [-0.4, -0.2) is 23.7 Å². The fourth-order valence-corrected chi connectivity index (χ4v) is 1.76. The first kappa shape index (κ1) is 15.6. The quantitative estimate of drug-likeness (QED) is 0.864. The molecule has 1 unspecified atom stereocenters. The largest absolute Gasteiger partial charge is 0.391 e. The average Bonchev–Trinajstić information content (AvgIpc) is 2.30. The van der Waals surface area contributed by atoms with Crippen molar-refractivity contribution >= 4 is 5.91 Å². The molecule has 0 aliphatic heterocycles. The van der Waals surface area contributed by atoms with E-state index in [1.165, 1.54) is 6.92 Å². The minimum atomic E-state index is -0.904. The Morgan fingerprint density at radius 2 is 1.95 bits per heavy atom. The van der Waals surface area contributed by atoms with Crippen molar-refractivity contribution in [1.82, 2.24) is 5.32 Å². The molecule has 3 nitrogen and oxygen atoms in total. The average molecular weight is 271 g/mol. The molecule has 1 amide bonds. The second kappa shape index (κ2) is 6.61. The minimum absolute atomic E-state index is 0.0485. The van der Waals surface area contributed by atoms with Crippen molar-refractivity contribution in [1.29, 1.82) is 0 Å². The van der Waals surface area contributed by atoms with Gasteiger partial charge in [0.05, 0.1) is 11.7 Å². The highest BCUT2D eigenvalue weighted by Crippen LogP contribution is 2.14. The van der Waals surface area contributed by atoms with E-state index in [-0.39, 0.29) is 17.7 Å². The van der Waals surface area contributed by atoms with Crippen LogP contribution < -0.4 is 5.32 Å². The Bertz CT molecular complexity index is 461. The summed E-state index contributed by atoms with van der Waals surface area (Å²) in [5.74, 6) is -1.94. The molecular weight excluding hydrogens is 252 g/mol. The molecular formula is C14H19F2NO2. The number of rotatable bonds is 5. The first-order valence-electron chi connectivity index (χ1n) is 6.23. The maximum Gasteiger partial charge on any atom is 0.254 e. The van der Waals surface area contributed by atoms with Gasteiger partial charge in [-0.1, -0.05) is 13.8 Å². The number of hydrogen-bond acceptors (Lipinski definition) is 2. The number of carbonyl (C=O) groups excluding carboxylic acids is 1. The van der Waals surface area contributed by atoms with E-state index in [0.29, 0.717) is 18.4 Å². The molecule has 0 bridgehead atoms. The number of carbonyl (C=O) groups is 1. The zero-order valence-corrected chi connectivity index (χ0v) is 11.3. The fraction of sp³-hybridized carbons (Fsp3) is 0.500. The summed E-state index contributed by atoms with van der Waals surface area (Å²) in [4.78, 5) is 11.7. The Balaban J connectivity index is 2.66. The minimum Gasteiger partial charge on any atom is -0.391 e. The van der Waals surface area contributed by atoms with Gasteiger partial charge >= 0.3 is 0 Å². The molecule has 0 heterocycles. The Morgan fingerprint density at radius 3 is 2.53 bits per heavy atom. The topological polar surface area (TPSA) is 49.3 Å². The van der Waals surface area contributed by atoms with Crippen molar-refractivity contribution < 1.29 is 18.7 Å². The molecule has 2 N–H and O–H groups in total. The molecule has 0 aromatic heterocycles. The summed E-state index contributed by atoms with van der Waals surface area (Å²) in [6, 6.07) is 1.85. The second-order valence-corrected chi connectivity index (χ2v) is 5.07. The highest BCUT2D eigenvalue weighted by molar-refractivity contribution is 5.94. The molecule has 1 aromatic rings. The smallest absolute Gasteiger partial charge is 0.254 e. The molecule has 1 rings (SSSR count). The Labute approximate surface area is 111 Å². The van der Waals surface area contributed by atoms with E-state index < -0.39 is 23.6 Å². The van der Waals surface area contributed by atoms with Crippen LogP contribution in [0.3, 0.4) is 0 Å². The van der Waals surface area contributed by atoms with E-state index in [4.69, 9.17) is 0 Å². The van der Waals surface area contributed by atoms with Gasteiger partial charge in [-0.15, -0.1) is 0 Å². The third-order valence-corrected chi connectivity index (χ3v) is 2.73. The summed E-state index contributed by atoms with van der Waals surface area (Å²) in [5.41, 5.74) is -0.00933. The molecule has 0 aliphatic carbocycles. The monoisotopic (exact) mass is 271 g/mol.